The van der Waals surface area contributed by atoms with Crippen molar-refractivity contribution in [1.82, 2.24) is 19.5 Å². The van der Waals surface area contributed by atoms with E-state index in [-0.39, 0.29) is 31.7 Å². The summed E-state index contributed by atoms with van der Waals surface area (Å²) >= 11 is 0. The van der Waals surface area contributed by atoms with Gasteiger partial charge in [0, 0.05) is 31.0 Å². The highest BCUT2D eigenvalue weighted by Crippen LogP contribution is 2.58. The summed E-state index contributed by atoms with van der Waals surface area (Å²) in [6.07, 6.45) is 2.57. The van der Waals surface area contributed by atoms with Gasteiger partial charge in [0.1, 0.15) is 24.1 Å². The highest BCUT2D eigenvalue weighted by Gasteiger charge is 2.62. The Labute approximate surface area is 331 Å². The number of pyridine rings is 1. The normalized spacial score (nSPS) is 23.8. The topological polar surface area (TPSA) is 171 Å². The fraction of sp³-hybridized carbons (Fsp3) is 0.683. The smallest absolute Gasteiger partial charge is 0.362 e. The number of rotatable bonds is 17. The van der Waals surface area contributed by atoms with Gasteiger partial charge < -0.3 is 24.0 Å². The van der Waals surface area contributed by atoms with E-state index in [0.717, 1.165) is 17.3 Å². The van der Waals surface area contributed by atoms with Crippen LogP contribution in [0.1, 0.15) is 100 Å². The number of amides is 2. The number of esters is 1. The van der Waals surface area contributed by atoms with E-state index in [1.807, 2.05) is 71.0 Å². The summed E-state index contributed by atoms with van der Waals surface area (Å²) in [5.74, 6) is -2.18. The zero-order valence-electron chi connectivity index (χ0n) is 34.6. The van der Waals surface area contributed by atoms with E-state index in [2.05, 4.69) is 9.71 Å². The molecular weight excluding hydrogens is 741 g/mol. The van der Waals surface area contributed by atoms with Crippen LogP contribution in [-0.4, -0.2) is 104 Å². The minimum atomic E-state index is -4.41. The number of fused-ring (bicyclic) bond motifs is 1. The van der Waals surface area contributed by atoms with Gasteiger partial charge in [-0.05, 0) is 102 Å². The maximum absolute atomic E-state index is 14.6. The predicted octanol–water partition coefficient (Wildman–Crippen LogP) is 5.22. The SMILES string of the molecule is CC[C@@H]1C[C@]1(CC(=O)[C@@H]1C[C@@H](Oc2nccc3cc(OCCN(C)C)ccc23)CN1C(=O)[C@@H](CC(=O)OC(C)(C)C)C(C)(C)C)C(=O)NS(=O)(=O)OC1(C)CC1. The van der Waals surface area contributed by atoms with Crippen molar-refractivity contribution in [3.05, 3.63) is 30.5 Å². The molecule has 14 nitrogen and oxygen atoms in total. The second-order valence-electron chi connectivity index (χ2n) is 18.4. The molecule has 1 aliphatic heterocycles. The van der Waals surface area contributed by atoms with Gasteiger partial charge in [0.15, 0.2) is 5.78 Å². The zero-order valence-corrected chi connectivity index (χ0v) is 35.4. The van der Waals surface area contributed by atoms with Crippen molar-refractivity contribution < 1.29 is 46.0 Å². The molecule has 5 atom stereocenters. The first-order valence-electron chi connectivity index (χ1n) is 19.6. The molecule has 0 unspecified atom stereocenters. The number of ketones is 1. The molecule has 56 heavy (non-hydrogen) atoms. The molecule has 15 heteroatoms. The number of carbonyl (C=O) groups is 4. The van der Waals surface area contributed by atoms with Gasteiger partial charge in [-0.15, -0.1) is 0 Å². The Balaban J connectivity index is 1.42. The van der Waals surface area contributed by atoms with Crippen molar-refractivity contribution in [2.24, 2.45) is 22.7 Å². The van der Waals surface area contributed by atoms with Crippen molar-refractivity contribution in [1.29, 1.82) is 0 Å². The molecule has 1 aromatic heterocycles. The first-order chi connectivity index (χ1) is 25.9. The number of hydrogen-bond donors (Lipinski definition) is 1. The lowest BCUT2D eigenvalue weighted by atomic mass is 9.77. The molecule has 5 rings (SSSR count). The molecule has 1 aromatic carbocycles. The van der Waals surface area contributed by atoms with Crippen LogP contribution in [0.4, 0.5) is 0 Å². The lowest BCUT2D eigenvalue weighted by Gasteiger charge is -2.35. The van der Waals surface area contributed by atoms with Gasteiger partial charge in [0.05, 0.1) is 35.9 Å². The van der Waals surface area contributed by atoms with Gasteiger partial charge in [-0.25, -0.2) is 13.9 Å². The highest BCUT2D eigenvalue weighted by atomic mass is 32.2. The van der Waals surface area contributed by atoms with Crippen LogP contribution in [0.15, 0.2) is 30.5 Å². The molecule has 0 spiro atoms. The van der Waals surface area contributed by atoms with Gasteiger partial charge in [0.25, 0.3) is 0 Å². The molecule has 3 aliphatic rings. The second kappa shape index (κ2) is 16.2. The monoisotopic (exact) mass is 800 g/mol. The molecule has 1 N–H and O–H groups in total. The molecule has 2 heterocycles. The number of nitrogens with zero attached hydrogens (tertiary/aromatic N) is 3. The maximum atomic E-state index is 14.6. The first-order valence-corrected chi connectivity index (χ1v) is 21.0. The number of nitrogens with one attached hydrogen (secondary N) is 1. The van der Waals surface area contributed by atoms with Gasteiger partial charge in [0.2, 0.25) is 17.7 Å². The number of benzene rings is 1. The summed E-state index contributed by atoms with van der Waals surface area (Å²) in [5.41, 5.74) is -3.57. The van der Waals surface area contributed by atoms with E-state index in [0.29, 0.717) is 43.9 Å². The Morgan fingerprint density at radius 2 is 1.77 bits per heavy atom. The fourth-order valence-corrected chi connectivity index (χ4v) is 8.61. The van der Waals surface area contributed by atoms with Crippen LogP contribution < -0.4 is 14.2 Å². The Hall–Kier alpha value is -3.82. The van der Waals surface area contributed by atoms with E-state index < -0.39 is 74.0 Å². The van der Waals surface area contributed by atoms with Crippen LogP contribution in [0.5, 0.6) is 11.6 Å². The Bertz CT molecular complexity index is 1920. The molecule has 310 valence electrons. The van der Waals surface area contributed by atoms with Crippen molar-refractivity contribution >= 4 is 44.6 Å². The number of carbonyl (C=O) groups excluding carboxylic acids is 4. The van der Waals surface area contributed by atoms with Crippen molar-refractivity contribution in [2.75, 3.05) is 33.8 Å². The summed E-state index contributed by atoms with van der Waals surface area (Å²) in [4.78, 5) is 64.0. The molecule has 2 amide bonds. The Morgan fingerprint density at radius 1 is 1.07 bits per heavy atom. The number of Topliss-reactive ketones (excluding diaryl/α,β-unsaturated/α-hetero) is 1. The third-order valence-electron chi connectivity index (χ3n) is 11.0. The quantitative estimate of drug-likeness (QED) is 0.207. The van der Waals surface area contributed by atoms with Gasteiger partial charge in [-0.1, -0.05) is 34.1 Å². The van der Waals surface area contributed by atoms with E-state index in [1.54, 1.807) is 33.9 Å². The third-order valence-corrected chi connectivity index (χ3v) is 12.0. The maximum Gasteiger partial charge on any atom is 0.362 e. The van der Waals surface area contributed by atoms with E-state index in [4.69, 9.17) is 18.4 Å². The standard InChI is InChI=1S/C41H60N4O10S/c1-11-27-23-41(27,37(49)43-56(50,51)55-40(8)15-16-40)24-33(46)32-21-29(25-45(32)36(48)31(38(2,3)4)22-34(47)54-39(5,6)7)53-35-30-13-12-28(52-19-18-44(9)10)20-26(30)14-17-42-35/h12-14,17,20,27,29,31-32H,11,15-16,18-19,21-25H2,1-10H3,(H,43,49)/t27-,29-,31-,32+,41-/m1/s1. The van der Waals surface area contributed by atoms with Gasteiger partial charge in [-0.3, -0.25) is 19.2 Å². The molecule has 2 aliphatic carbocycles. The average molecular weight is 801 g/mol. The fourth-order valence-electron chi connectivity index (χ4n) is 7.44. The average Bonchev–Trinajstić information content (AvgIpc) is 3.93. The van der Waals surface area contributed by atoms with Crippen molar-refractivity contribution in [3.8, 4) is 11.6 Å². The van der Waals surface area contributed by atoms with Crippen LogP contribution >= 0.6 is 0 Å². The van der Waals surface area contributed by atoms with Crippen LogP contribution in [0.2, 0.25) is 0 Å². The molecule has 2 aromatic rings. The summed E-state index contributed by atoms with van der Waals surface area (Å²) in [7, 11) is -0.464. The minimum absolute atomic E-state index is 0.0249. The Morgan fingerprint density at radius 3 is 2.36 bits per heavy atom. The van der Waals surface area contributed by atoms with Crippen LogP contribution in [-0.2, 0) is 38.4 Å². The number of likely N-dealkylation sites (N-methyl/N-ethyl adjacent to an activating group) is 1. The number of likely N-dealkylation sites (tertiary alicyclic amines) is 1. The first kappa shape index (κ1) is 43.3. The van der Waals surface area contributed by atoms with E-state index >= 15 is 0 Å². The van der Waals surface area contributed by atoms with Gasteiger partial charge >= 0.3 is 16.3 Å². The molecule has 0 radical (unpaired) electrons. The van der Waals surface area contributed by atoms with E-state index in [9.17, 15) is 27.6 Å². The minimum Gasteiger partial charge on any atom is -0.492 e. The predicted molar refractivity (Wildman–Crippen MR) is 210 cm³/mol. The van der Waals surface area contributed by atoms with E-state index in [1.165, 1.54) is 4.90 Å². The number of hydrogen-bond acceptors (Lipinski definition) is 12. The third kappa shape index (κ3) is 10.8. The summed E-state index contributed by atoms with van der Waals surface area (Å²) in [5, 5.41) is 1.56. The number of ether oxygens (including phenoxy) is 3. The van der Waals surface area contributed by atoms with Crippen molar-refractivity contribution in [2.45, 2.75) is 124 Å². The largest absolute Gasteiger partial charge is 0.492 e. The molecule has 2 saturated carbocycles. The summed E-state index contributed by atoms with van der Waals surface area (Å²) in [6.45, 7) is 15.7. The van der Waals surface area contributed by atoms with Crippen LogP contribution in [0.25, 0.3) is 10.8 Å². The summed E-state index contributed by atoms with van der Waals surface area (Å²) in [6, 6.07) is 6.45. The lowest BCUT2D eigenvalue weighted by Crippen LogP contribution is -2.49. The second-order valence-corrected chi connectivity index (χ2v) is 19.6. The molecule has 0 bridgehead atoms. The number of aromatic nitrogens is 1. The highest BCUT2D eigenvalue weighted by molar-refractivity contribution is 7.85. The molecular formula is C41H60N4O10S. The molecule has 1 saturated heterocycles. The zero-order chi connectivity index (χ0) is 41.4. The Kier molecular flexibility index (Phi) is 12.5. The van der Waals surface area contributed by atoms with Gasteiger partial charge in [-0.2, -0.15) is 8.42 Å². The summed E-state index contributed by atoms with van der Waals surface area (Å²) < 4.78 is 51.0. The van der Waals surface area contributed by atoms with Crippen LogP contribution in [0, 0.1) is 22.7 Å². The molecule has 3 fully saturated rings. The van der Waals surface area contributed by atoms with Crippen LogP contribution in [0.3, 0.4) is 0 Å². The lowest BCUT2D eigenvalue weighted by molar-refractivity contribution is -0.161. The van der Waals surface area contributed by atoms with Crippen molar-refractivity contribution in [3.63, 3.8) is 0 Å².